The van der Waals surface area contributed by atoms with Crippen molar-refractivity contribution in [2.75, 3.05) is 0 Å². The lowest BCUT2D eigenvalue weighted by atomic mass is 9.91. The van der Waals surface area contributed by atoms with Crippen LogP contribution in [0.5, 0.6) is 0 Å². The van der Waals surface area contributed by atoms with E-state index in [4.69, 9.17) is 0 Å². The summed E-state index contributed by atoms with van der Waals surface area (Å²) >= 11 is 0. The summed E-state index contributed by atoms with van der Waals surface area (Å²) in [5.74, 6) is 0. The number of fused-ring (bicyclic) bond motifs is 2. The number of nitrogens with zero attached hydrogens (tertiary/aromatic N) is 1. The third-order valence-corrected chi connectivity index (χ3v) is 3.79. The van der Waals surface area contributed by atoms with E-state index in [0.717, 1.165) is 18.1 Å². The van der Waals surface area contributed by atoms with Gasteiger partial charge in [0.05, 0.1) is 0 Å². The van der Waals surface area contributed by atoms with Gasteiger partial charge in [-0.05, 0) is 44.9 Å². The summed E-state index contributed by atoms with van der Waals surface area (Å²) in [6.07, 6.45) is 11.3. The van der Waals surface area contributed by atoms with Crippen LogP contribution >= 0.6 is 0 Å². The van der Waals surface area contributed by atoms with E-state index in [-0.39, 0.29) is 0 Å². The van der Waals surface area contributed by atoms with Crippen molar-refractivity contribution in [2.24, 2.45) is 0 Å². The largest absolute Gasteiger partial charge is 0.294 e. The van der Waals surface area contributed by atoms with Gasteiger partial charge in [0, 0.05) is 18.1 Å². The Morgan fingerprint density at radius 1 is 0.909 bits per heavy atom. The second-order valence-electron chi connectivity index (χ2n) is 4.29. The zero-order valence-corrected chi connectivity index (χ0v) is 7.00. The predicted molar refractivity (Wildman–Crippen MR) is 45.2 cm³/mol. The van der Waals surface area contributed by atoms with E-state index >= 15 is 0 Å². The molecule has 1 radical (unpaired) electrons. The first-order chi connectivity index (χ1) is 5.45. The van der Waals surface area contributed by atoms with E-state index in [1.54, 1.807) is 0 Å². The molecule has 0 aromatic carbocycles. The third-order valence-electron chi connectivity index (χ3n) is 3.79. The third kappa shape index (κ3) is 0.807. The van der Waals surface area contributed by atoms with Gasteiger partial charge in [-0.25, -0.2) is 0 Å². The lowest BCUT2D eigenvalue weighted by molar-refractivity contribution is 0.154. The van der Waals surface area contributed by atoms with Crippen molar-refractivity contribution in [1.29, 1.82) is 0 Å². The molecule has 1 heteroatoms. The van der Waals surface area contributed by atoms with Crippen molar-refractivity contribution in [3.05, 3.63) is 6.42 Å². The Hall–Kier alpha value is -0.0400. The molecule has 0 N–H and O–H groups in total. The monoisotopic (exact) mass is 150 g/mol. The molecule has 2 aliphatic heterocycles. The highest BCUT2D eigenvalue weighted by molar-refractivity contribution is 5.05. The lowest BCUT2D eigenvalue weighted by Gasteiger charge is -2.37. The van der Waals surface area contributed by atoms with Gasteiger partial charge in [0.25, 0.3) is 0 Å². The van der Waals surface area contributed by atoms with Crippen LogP contribution < -0.4 is 0 Å². The summed E-state index contributed by atoms with van der Waals surface area (Å²) in [5, 5.41) is 0. The fourth-order valence-corrected chi connectivity index (χ4v) is 3.08. The van der Waals surface area contributed by atoms with Crippen LogP contribution in [0.15, 0.2) is 0 Å². The van der Waals surface area contributed by atoms with Crippen LogP contribution in [0.3, 0.4) is 0 Å². The zero-order valence-electron chi connectivity index (χ0n) is 7.00. The first-order valence-corrected chi connectivity index (χ1v) is 5.06. The molecular weight excluding hydrogens is 134 g/mol. The van der Waals surface area contributed by atoms with E-state index in [9.17, 15) is 0 Å². The Labute approximate surface area is 68.8 Å². The summed E-state index contributed by atoms with van der Waals surface area (Å²) in [6, 6.07) is 2.87. The molecule has 1 unspecified atom stereocenters. The molecule has 1 aliphatic carbocycles. The van der Waals surface area contributed by atoms with Crippen LogP contribution in [-0.4, -0.2) is 23.0 Å². The van der Waals surface area contributed by atoms with Gasteiger partial charge in [0.2, 0.25) is 0 Å². The summed E-state index contributed by atoms with van der Waals surface area (Å²) in [7, 11) is 0. The first-order valence-electron chi connectivity index (χ1n) is 5.06. The molecule has 3 aliphatic rings. The van der Waals surface area contributed by atoms with Crippen molar-refractivity contribution in [3.8, 4) is 0 Å². The quantitative estimate of drug-likeness (QED) is 0.552. The minimum absolute atomic E-state index is 0.898. The van der Waals surface area contributed by atoms with Gasteiger partial charge < -0.3 is 0 Å². The maximum atomic E-state index is 2.81. The summed E-state index contributed by atoms with van der Waals surface area (Å²) < 4.78 is 0. The van der Waals surface area contributed by atoms with Gasteiger partial charge in [-0.3, -0.25) is 4.90 Å². The van der Waals surface area contributed by atoms with E-state index in [1.807, 2.05) is 0 Å². The summed E-state index contributed by atoms with van der Waals surface area (Å²) in [6.45, 7) is 0. The van der Waals surface area contributed by atoms with Crippen LogP contribution in [0, 0.1) is 6.42 Å². The van der Waals surface area contributed by atoms with Gasteiger partial charge in [-0.1, -0.05) is 0 Å². The predicted octanol–water partition coefficient (Wildman–Crippen LogP) is 1.98. The summed E-state index contributed by atoms with van der Waals surface area (Å²) in [5.41, 5.74) is 0. The fraction of sp³-hybridized carbons (Fsp3) is 0.900. The molecule has 0 aromatic rings. The molecule has 0 amide bonds. The molecule has 2 bridgehead atoms. The molecule has 1 nitrogen and oxygen atoms in total. The Morgan fingerprint density at radius 3 is 1.82 bits per heavy atom. The minimum Gasteiger partial charge on any atom is -0.294 e. The lowest BCUT2D eigenvalue weighted by Crippen LogP contribution is -2.43. The SMILES string of the molecule is [CH]1CCC1N1C2CCC1CC2. The van der Waals surface area contributed by atoms with Crippen molar-refractivity contribution in [2.45, 2.75) is 56.7 Å². The average molecular weight is 150 g/mol. The highest BCUT2D eigenvalue weighted by Crippen LogP contribution is 2.42. The van der Waals surface area contributed by atoms with E-state index < -0.39 is 0 Å². The second kappa shape index (κ2) is 2.22. The highest BCUT2D eigenvalue weighted by Gasteiger charge is 2.44. The molecule has 2 heterocycles. The van der Waals surface area contributed by atoms with Crippen LogP contribution in [0.2, 0.25) is 0 Å². The highest BCUT2D eigenvalue weighted by atomic mass is 15.3. The zero-order chi connectivity index (χ0) is 7.26. The van der Waals surface area contributed by atoms with Crippen LogP contribution in [0.25, 0.3) is 0 Å². The van der Waals surface area contributed by atoms with Gasteiger partial charge >= 0.3 is 0 Å². The maximum Gasteiger partial charge on any atom is 0.0133 e. The van der Waals surface area contributed by atoms with Crippen LogP contribution in [0.4, 0.5) is 0 Å². The van der Waals surface area contributed by atoms with Crippen LogP contribution in [0.1, 0.15) is 38.5 Å². The molecule has 11 heavy (non-hydrogen) atoms. The summed E-state index contributed by atoms with van der Waals surface area (Å²) in [4.78, 5) is 2.81. The molecule has 0 spiro atoms. The molecule has 0 aromatic heterocycles. The van der Waals surface area contributed by atoms with E-state index in [2.05, 4.69) is 11.3 Å². The molecule has 1 atom stereocenters. The molecule has 3 rings (SSSR count). The minimum atomic E-state index is 0.898. The average Bonchev–Trinajstić information content (AvgIpc) is 2.46. The Kier molecular flexibility index (Phi) is 1.31. The Morgan fingerprint density at radius 2 is 1.45 bits per heavy atom. The van der Waals surface area contributed by atoms with E-state index in [1.165, 1.54) is 38.5 Å². The van der Waals surface area contributed by atoms with Crippen molar-refractivity contribution in [1.82, 2.24) is 4.90 Å². The van der Waals surface area contributed by atoms with Crippen molar-refractivity contribution in [3.63, 3.8) is 0 Å². The van der Waals surface area contributed by atoms with Crippen molar-refractivity contribution >= 4 is 0 Å². The topological polar surface area (TPSA) is 3.24 Å². The van der Waals surface area contributed by atoms with Crippen LogP contribution in [-0.2, 0) is 0 Å². The number of rotatable bonds is 1. The maximum absolute atomic E-state index is 2.81. The van der Waals surface area contributed by atoms with Gasteiger partial charge in [0.1, 0.15) is 0 Å². The molecular formula is C10H16N. The standard InChI is InChI=1S/C10H16N/c1-2-8(3-1)11-9-4-5-10(11)7-6-9/h2,8-10H,1,3-7H2. The van der Waals surface area contributed by atoms with Gasteiger partial charge in [-0.15, -0.1) is 0 Å². The van der Waals surface area contributed by atoms with E-state index in [0.29, 0.717) is 0 Å². The second-order valence-corrected chi connectivity index (χ2v) is 4.29. The smallest absolute Gasteiger partial charge is 0.0133 e. The fourth-order valence-electron chi connectivity index (χ4n) is 3.08. The number of hydrogen-bond donors (Lipinski definition) is 0. The molecule has 61 valence electrons. The van der Waals surface area contributed by atoms with Gasteiger partial charge in [0.15, 0.2) is 0 Å². The Balaban J connectivity index is 1.76. The normalized spacial score (nSPS) is 44.7. The molecule has 3 fully saturated rings. The van der Waals surface area contributed by atoms with Gasteiger partial charge in [-0.2, -0.15) is 0 Å². The molecule has 1 saturated carbocycles. The first kappa shape index (κ1) is 6.47. The Bertz CT molecular complexity index is 142. The van der Waals surface area contributed by atoms with Crippen molar-refractivity contribution < 1.29 is 0 Å². The molecule has 2 saturated heterocycles. The number of hydrogen-bond acceptors (Lipinski definition) is 1.